The highest BCUT2D eigenvalue weighted by Gasteiger charge is 2.43. The van der Waals surface area contributed by atoms with Crippen molar-refractivity contribution in [3.63, 3.8) is 0 Å². The van der Waals surface area contributed by atoms with Crippen LogP contribution in [0.4, 0.5) is 0 Å². The quantitative estimate of drug-likeness (QED) is 0.845. The smallest absolute Gasteiger partial charge is 0.324 e. The molecule has 2 atom stereocenters. The Morgan fingerprint density at radius 2 is 2.24 bits per heavy atom. The standard InChI is InChI=1S/C17H25NO3/c1-3-11-18-17(16(19)20)10-6-8-14(12-17)21-15-9-5-4-7-13(15)2/h4-5,7,9,14,18H,3,6,8,10-12H2,1-2H3,(H,19,20). The van der Waals surface area contributed by atoms with Crippen LogP contribution in [0.15, 0.2) is 24.3 Å². The van der Waals surface area contributed by atoms with Crippen molar-refractivity contribution < 1.29 is 14.6 Å². The van der Waals surface area contributed by atoms with Gasteiger partial charge in [-0.05, 0) is 50.8 Å². The number of rotatable bonds is 6. The normalized spacial score (nSPS) is 25.5. The van der Waals surface area contributed by atoms with E-state index in [4.69, 9.17) is 4.74 Å². The molecule has 4 heteroatoms. The molecular formula is C17H25NO3. The minimum Gasteiger partial charge on any atom is -0.490 e. The van der Waals surface area contributed by atoms with E-state index >= 15 is 0 Å². The first-order chi connectivity index (χ1) is 10.1. The highest BCUT2D eigenvalue weighted by Crippen LogP contribution is 2.32. The summed E-state index contributed by atoms with van der Waals surface area (Å²) in [5, 5.41) is 12.9. The molecule has 0 amide bonds. The molecule has 0 heterocycles. The van der Waals surface area contributed by atoms with Crippen molar-refractivity contribution in [2.45, 2.75) is 57.6 Å². The summed E-state index contributed by atoms with van der Waals surface area (Å²) < 4.78 is 6.07. The zero-order valence-corrected chi connectivity index (χ0v) is 12.9. The molecule has 1 saturated carbocycles. The van der Waals surface area contributed by atoms with Crippen molar-refractivity contribution in [3.8, 4) is 5.75 Å². The van der Waals surface area contributed by atoms with E-state index in [9.17, 15) is 9.90 Å². The Labute approximate surface area is 126 Å². The fraction of sp³-hybridized carbons (Fsp3) is 0.588. The number of carboxylic acids is 1. The Hall–Kier alpha value is -1.55. The number of hydrogen-bond acceptors (Lipinski definition) is 3. The summed E-state index contributed by atoms with van der Waals surface area (Å²) in [6, 6.07) is 7.89. The molecule has 0 aromatic heterocycles. The summed E-state index contributed by atoms with van der Waals surface area (Å²) in [5.74, 6) is 0.105. The predicted molar refractivity (Wildman–Crippen MR) is 82.7 cm³/mol. The molecule has 0 bridgehead atoms. The molecule has 4 nitrogen and oxygen atoms in total. The van der Waals surface area contributed by atoms with E-state index in [2.05, 4.69) is 5.32 Å². The minimum absolute atomic E-state index is 0.0414. The second-order valence-electron chi connectivity index (χ2n) is 5.92. The fourth-order valence-corrected chi connectivity index (χ4v) is 2.99. The molecule has 2 N–H and O–H groups in total. The molecule has 0 aliphatic heterocycles. The topological polar surface area (TPSA) is 58.6 Å². The highest BCUT2D eigenvalue weighted by atomic mass is 16.5. The lowest BCUT2D eigenvalue weighted by Crippen LogP contribution is -2.56. The van der Waals surface area contributed by atoms with E-state index in [0.717, 1.165) is 37.1 Å². The van der Waals surface area contributed by atoms with Crippen LogP contribution in [0.2, 0.25) is 0 Å². The Morgan fingerprint density at radius 3 is 2.90 bits per heavy atom. The van der Waals surface area contributed by atoms with Gasteiger partial charge in [0, 0.05) is 6.42 Å². The maximum Gasteiger partial charge on any atom is 0.324 e. The number of carboxylic acid groups (broad SMARTS) is 1. The van der Waals surface area contributed by atoms with Gasteiger partial charge in [0.2, 0.25) is 0 Å². The van der Waals surface area contributed by atoms with Crippen LogP contribution in [-0.2, 0) is 4.79 Å². The number of para-hydroxylation sites is 1. The van der Waals surface area contributed by atoms with Crippen LogP contribution in [-0.4, -0.2) is 29.3 Å². The minimum atomic E-state index is -0.832. The first kappa shape index (κ1) is 15.8. The van der Waals surface area contributed by atoms with Crippen molar-refractivity contribution in [2.24, 2.45) is 0 Å². The summed E-state index contributed by atoms with van der Waals surface area (Å²) in [4.78, 5) is 11.7. The molecule has 0 spiro atoms. The lowest BCUT2D eigenvalue weighted by Gasteiger charge is -2.38. The summed E-state index contributed by atoms with van der Waals surface area (Å²) in [5.41, 5.74) is 0.257. The summed E-state index contributed by atoms with van der Waals surface area (Å²) >= 11 is 0. The van der Waals surface area contributed by atoms with Crippen LogP contribution in [0.5, 0.6) is 5.75 Å². The molecule has 1 fully saturated rings. The van der Waals surface area contributed by atoms with E-state index in [0.29, 0.717) is 12.8 Å². The van der Waals surface area contributed by atoms with Gasteiger partial charge in [-0.15, -0.1) is 0 Å². The number of carbonyl (C=O) groups is 1. The molecule has 1 aliphatic carbocycles. The second-order valence-corrected chi connectivity index (χ2v) is 5.92. The number of aliphatic carboxylic acids is 1. The van der Waals surface area contributed by atoms with E-state index in [1.807, 2.05) is 38.1 Å². The number of hydrogen-bond donors (Lipinski definition) is 2. The third-order valence-electron chi connectivity index (χ3n) is 4.22. The van der Waals surface area contributed by atoms with Gasteiger partial charge in [0.15, 0.2) is 0 Å². The van der Waals surface area contributed by atoms with Gasteiger partial charge in [0.05, 0.1) is 0 Å². The first-order valence-corrected chi connectivity index (χ1v) is 7.78. The average molecular weight is 291 g/mol. The van der Waals surface area contributed by atoms with Gasteiger partial charge >= 0.3 is 5.97 Å². The van der Waals surface area contributed by atoms with E-state index < -0.39 is 11.5 Å². The predicted octanol–water partition coefficient (Wildman–Crippen LogP) is 3.14. The van der Waals surface area contributed by atoms with Gasteiger partial charge in [-0.25, -0.2) is 0 Å². The van der Waals surface area contributed by atoms with Crippen LogP contribution in [0.25, 0.3) is 0 Å². The van der Waals surface area contributed by atoms with Crippen molar-refractivity contribution in [2.75, 3.05) is 6.54 Å². The zero-order valence-electron chi connectivity index (χ0n) is 12.9. The van der Waals surface area contributed by atoms with Crippen molar-refractivity contribution >= 4 is 5.97 Å². The van der Waals surface area contributed by atoms with Crippen LogP contribution in [0.1, 0.15) is 44.6 Å². The number of ether oxygens (including phenoxy) is 1. The van der Waals surface area contributed by atoms with Crippen molar-refractivity contribution in [1.82, 2.24) is 5.32 Å². The Morgan fingerprint density at radius 1 is 1.48 bits per heavy atom. The molecule has 21 heavy (non-hydrogen) atoms. The van der Waals surface area contributed by atoms with Gasteiger partial charge in [0.1, 0.15) is 17.4 Å². The number of benzene rings is 1. The van der Waals surface area contributed by atoms with Gasteiger partial charge in [-0.3, -0.25) is 4.79 Å². The summed E-state index contributed by atoms with van der Waals surface area (Å²) in [6.07, 6.45) is 3.88. The lowest BCUT2D eigenvalue weighted by molar-refractivity contribution is -0.148. The maximum atomic E-state index is 11.7. The summed E-state index contributed by atoms with van der Waals surface area (Å²) in [6.45, 7) is 4.79. The monoisotopic (exact) mass is 291 g/mol. The zero-order chi connectivity index (χ0) is 15.3. The van der Waals surface area contributed by atoms with E-state index in [1.165, 1.54) is 0 Å². The third kappa shape index (κ3) is 3.76. The SMILES string of the molecule is CCCNC1(C(=O)O)CCCC(Oc2ccccc2C)C1. The summed E-state index contributed by atoms with van der Waals surface area (Å²) in [7, 11) is 0. The van der Waals surface area contributed by atoms with Crippen LogP contribution >= 0.6 is 0 Å². The molecule has 2 rings (SSSR count). The van der Waals surface area contributed by atoms with Gasteiger partial charge in [-0.2, -0.15) is 0 Å². The Bertz CT molecular complexity index is 489. The van der Waals surface area contributed by atoms with Crippen LogP contribution < -0.4 is 10.1 Å². The largest absolute Gasteiger partial charge is 0.490 e. The van der Waals surface area contributed by atoms with E-state index in [1.54, 1.807) is 0 Å². The second kappa shape index (κ2) is 6.94. The number of nitrogens with one attached hydrogen (secondary N) is 1. The third-order valence-corrected chi connectivity index (χ3v) is 4.22. The molecule has 1 aromatic carbocycles. The first-order valence-electron chi connectivity index (χ1n) is 7.78. The fourth-order valence-electron chi connectivity index (χ4n) is 2.99. The molecule has 0 radical (unpaired) electrons. The van der Waals surface area contributed by atoms with Crippen molar-refractivity contribution in [3.05, 3.63) is 29.8 Å². The molecule has 116 valence electrons. The van der Waals surface area contributed by atoms with Gasteiger partial charge in [0.25, 0.3) is 0 Å². The molecule has 2 unspecified atom stereocenters. The van der Waals surface area contributed by atoms with Gasteiger partial charge in [-0.1, -0.05) is 25.1 Å². The van der Waals surface area contributed by atoms with E-state index in [-0.39, 0.29) is 6.10 Å². The highest BCUT2D eigenvalue weighted by molar-refractivity contribution is 5.79. The Kier molecular flexibility index (Phi) is 5.23. The van der Waals surface area contributed by atoms with Crippen LogP contribution in [0, 0.1) is 6.92 Å². The molecule has 1 aromatic rings. The Balaban J connectivity index is 2.08. The average Bonchev–Trinajstić information content (AvgIpc) is 2.48. The van der Waals surface area contributed by atoms with Crippen molar-refractivity contribution in [1.29, 1.82) is 0 Å². The van der Waals surface area contributed by atoms with Crippen LogP contribution in [0.3, 0.4) is 0 Å². The molecule has 1 aliphatic rings. The number of aryl methyl sites for hydroxylation is 1. The maximum absolute atomic E-state index is 11.7. The van der Waals surface area contributed by atoms with Gasteiger partial charge < -0.3 is 15.2 Å². The lowest BCUT2D eigenvalue weighted by atomic mass is 9.80. The molecular weight excluding hydrogens is 266 g/mol. The molecule has 0 saturated heterocycles.